The number of nitrogens with two attached hydrogens (primary N) is 5. The van der Waals surface area contributed by atoms with Crippen molar-refractivity contribution in [2.24, 2.45) is 10.3 Å². The van der Waals surface area contributed by atoms with E-state index >= 15 is 0 Å². The van der Waals surface area contributed by atoms with Gasteiger partial charge in [-0.05, 0) is 170 Å². The number of fused-ring (bicyclic) bond motifs is 2. The number of carbonyl (C=O) groups is 5. The molecule has 6 aliphatic rings. The van der Waals surface area contributed by atoms with Gasteiger partial charge in [0.05, 0.1) is 57.6 Å². The number of piperidine rings is 4. The molecule has 0 radical (unpaired) electrons. The lowest BCUT2D eigenvalue weighted by atomic mass is 10.0. The number of anilines is 8. The Morgan fingerprint density at radius 2 is 0.719 bits per heavy atom. The van der Waals surface area contributed by atoms with Gasteiger partial charge in [0.15, 0.2) is 0 Å². The van der Waals surface area contributed by atoms with E-state index in [0.29, 0.717) is 131 Å². The highest BCUT2D eigenvalue weighted by molar-refractivity contribution is 7.95. The number of benzene rings is 4. The van der Waals surface area contributed by atoms with Crippen molar-refractivity contribution in [1.82, 2.24) is 19.6 Å². The molecular weight excluding hydrogens is 1300 g/mol. The number of ether oxygens (including phenoxy) is 4. The highest BCUT2D eigenvalue weighted by Gasteiger charge is 2.42. The Balaban J connectivity index is 0.000000220. The number of rotatable bonds is 4. The number of nitrogen functional groups attached to an aromatic ring is 3. The number of likely N-dealkylation sites (tertiary alicyclic amines) is 4. The summed E-state index contributed by atoms with van der Waals surface area (Å²) in [6.07, 6.45) is 3.80. The zero-order valence-corrected chi connectivity index (χ0v) is 59.7. The number of nitrogens with zero attached hydrogens (tertiary/aromatic N) is 6. The van der Waals surface area contributed by atoms with Crippen molar-refractivity contribution in [1.29, 1.82) is 0 Å². The lowest BCUT2D eigenvalue weighted by molar-refractivity contribution is -0.121. The summed E-state index contributed by atoms with van der Waals surface area (Å²) in [6, 6.07) is 29.4. The molecule has 4 aromatic rings. The van der Waals surface area contributed by atoms with Crippen LogP contribution < -0.4 is 50.9 Å². The van der Waals surface area contributed by atoms with E-state index in [0.717, 1.165) is 24.2 Å². The minimum Gasteiger partial charge on any atom is -0.444 e. The SMILES string of the molecule is CC(C)(C)OC(=O)N1CCC(=O)CC1.CC(C)(C)OC(=O)N1CCC(N2c3ccccc3NS2(=O)=O)CC1.CC(C)(C)OC(=O)N1CCC(N2c3ccccc3NS2(=O)=O)CC1.CC(C)(C)OC(=O)N1CCC(Nc2ccccc2N)CC1.NS(N)(=O)=O.Nc1ccccc1N. The zero-order valence-electron chi connectivity index (χ0n) is 57.2. The highest BCUT2D eigenvalue weighted by atomic mass is 32.2. The Morgan fingerprint density at radius 3 is 1.02 bits per heavy atom. The summed E-state index contributed by atoms with van der Waals surface area (Å²) < 4.78 is 97.5. The van der Waals surface area contributed by atoms with Crippen molar-refractivity contribution >= 4 is 106 Å². The van der Waals surface area contributed by atoms with Gasteiger partial charge in [0.2, 0.25) is 0 Å². The van der Waals surface area contributed by atoms with Gasteiger partial charge in [0.1, 0.15) is 28.2 Å². The van der Waals surface area contributed by atoms with Crippen LogP contribution in [0.1, 0.15) is 134 Å². The predicted molar refractivity (Wildman–Crippen MR) is 375 cm³/mol. The van der Waals surface area contributed by atoms with Crippen LogP contribution in [0.3, 0.4) is 0 Å². The van der Waals surface area contributed by atoms with Crippen molar-refractivity contribution in [2.75, 3.05) is 92.9 Å². The summed E-state index contributed by atoms with van der Waals surface area (Å²) in [6.45, 7) is 26.5. The first-order valence-corrected chi connectivity index (χ1v) is 36.1. The number of hydrogen-bond acceptors (Lipinski definition) is 19. The van der Waals surface area contributed by atoms with Gasteiger partial charge in [-0.3, -0.25) is 14.2 Å². The lowest BCUT2D eigenvalue weighted by Crippen LogP contribution is -2.49. The molecule has 0 saturated carbocycles. The van der Waals surface area contributed by atoms with Crippen molar-refractivity contribution < 1.29 is 68.2 Å². The fraction of sp³-hybridized carbons (Fsp3) is 0.547. The number of para-hydroxylation sites is 8. The molecule has 32 heteroatoms. The van der Waals surface area contributed by atoms with Crippen molar-refractivity contribution in [2.45, 2.75) is 175 Å². The molecule has 6 aliphatic heterocycles. The van der Waals surface area contributed by atoms with Crippen LogP contribution >= 0.6 is 0 Å². The van der Waals surface area contributed by atoms with Gasteiger partial charge in [-0.1, -0.05) is 48.5 Å². The molecule has 4 aromatic carbocycles. The molecule has 0 unspecified atom stereocenters. The molecule has 10 rings (SSSR count). The molecule has 96 heavy (non-hydrogen) atoms. The Kier molecular flexibility index (Phi) is 27.1. The third kappa shape index (κ3) is 26.1. The first-order chi connectivity index (χ1) is 44.4. The summed E-state index contributed by atoms with van der Waals surface area (Å²) in [5, 5.41) is 11.7. The Labute approximate surface area is 566 Å². The first kappa shape index (κ1) is 78.5. The predicted octanol–water partition coefficient (Wildman–Crippen LogP) is 8.79. The maximum atomic E-state index is 12.4. The van der Waals surface area contributed by atoms with Gasteiger partial charge in [-0.15, -0.1) is 0 Å². The van der Waals surface area contributed by atoms with Crippen LogP contribution in [0.25, 0.3) is 0 Å². The number of ketones is 1. The largest absolute Gasteiger partial charge is 0.444 e. The van der Waals surface area contributed by atoms with E-state index < -0.39 is 53.0 Å². The fourth-order valence-electron chi connectivity index (χ4n) is 10.3. The molecular formula is C64H100N14O15S3. The second kappa shape index (κ2) is 33.2. The molecule has 534 valence electrons. The summed E-state index contributed by atoms with van der Waals surface area (Å²) in [7, 11) is -10.8. The van der Waals surface area contributed by atoms with E-state index in [4.69, 9.17) is 36.1 Å². The molecule has 6 heterocycles. The number of Topliss-reactive ketones (excluding diaryl/α,β-unsaturated/α-hetero) is 1. The van der Waals surface area contributed by atoms with Gasteiger partial charge >= 0.3 is 44.8 Å². The average molecular weight is 1400 g/mol. The maximum absolute atomic E-state index is 12.4. The van der Waals surface area contributed by atoms with E-state index in [1.54, 1.807) is 68.1 Å². The molecule has 0 aliphatic carbocycles. The standard InChI is InChI=1S/2C16H23N3O4S.C16H25N3O2.C10H17NO3.C6H8N2.H4N2O2S/c2*1-16(2,3)23-15(20)18-10-8-12(9-11-18)19-14-7-5-4-6-13(14)17-24(19,21)22;1-16(2,3)21-15(20)19-10-8-12(9-11-19)18-14-7-5-4-6-13(14)17;1-10(2,3)14-9(13)11-6-4-8(12)5-7-11;7-5-3-1-2-4-6(5)8;1-5(2,3)4/h2*4-7,12,17H,8-11H2,1-3H3;4-7,12,18H,8-11,17H2,1-3H3;4-7H2,1-3H3;1-4H,7-8H2;(H4,1,2,3,4). The second-order valence-corrected chi connectivity index (χ2v) is 31.7. The van der Waals surface area contributed by atoms with Crippen molar-refractivity contribution in [3.05, 3.63) is 97.1 Å². The molecule has 0 aromatic heterocycles. The number of hydrogen-bond donors (Lipinski definition) is 8. The quantitative estimate of drug-likeness (QED) is 0.0698. The van der Waals surface area contributed by atoms with Crippen LogP contribution in [0.4, 0.5) is 64.7 Å². The fourth-order valence-corrected chi connectivity index (χ4v) is 13.4. The van der Waals surface area contributed by atoms with E-state index in [2.05, 4.69) is 25.0 Å². The molecule has 4 saturated heterocycles. The number of amides is 4. The van der Waals surface area contributed by atoms with E-state index in [-0.39, 0.29) is 42.2 Å². The molecule has 4 fully saturated rings. The monoisotopic (exact) mass is 1400 g/mol. The minimum absolute atomic E-state index is 0.162. The smallest absolute Gasteiger partial charge is 0.410 e. The Bertz CT molecular complexity index is 3460. The van der Waals surface area contributed by atoms with Crippen LogP contribution in [0.15, 0.2) is 97.1 Å². The van der Waals surface area contributed by atoms with E-state index in [1.165, 1.54) is 8.61 Å². The highest BCUT2D eigenvalue weighted by Crippen LogP contribution is 2.41. The first-order valence-electron chi connectivity index (χ1n) is 31.7. The van der Waals surface area contributed by atoms with Crippen LogP contribution in [-0.4, -0.2) is 168 Å². The second-order valence-electron chi connectivity index (χ2n) is 27.4. The minimum atomic E-state index is -3.67. The van der Waals surface area contributed by atoms with Crippen LogP contribution in [-0.2, 0) is 54.4 Å². The Hall–Kier alpha value is -8.20. The average Bonchev–Trinajstić information content (AvgIpc) is 1.60. The summed E-state index contributed by atoms with van der Waals surface area (Å²) in [5.74, 6) is 0.227. The summed E-state index contributed by atoms with van der Waals surface area (Å²) >= 11 is 0. The van der Waals surface area contributed by atoms with Crippen LogP contribution in [0, 0.1) is 0 Å². The third-order valence-corrected chi connectivity index (χ3v) is 17.6. The molecule has 0 atom stereocenters. The Morgan fingerprint density at radius 1 is 0.448 bits per heavy atom. The molecule has 29 nitrogen and oxygen atoms in total. The van der Waals surface area contributed by atoms with Crippen LogP contribution in [0.2, 0.25) is 0 Å². The zero-order chi connectivity index (χ0) is 71.8. The number of nitrogens with one attached hydrogen (secondary N) is 3. The van der Waals surface area contributed by atoms with Gasteiger partial charge in [-0.25, -0.2) is 38.1 Å². The van der Waals surface area contributed by atoms with Gasteiger partial charge in [-0.2, -0.15) is 25.3 Å². The normalized spacial score (nSPS) is 17.9. The number of carbonyl (C=O) groups excluding carboxylic acids is 5. The third-order valence-electron chi connectivity index (χ3n) is 14.6. The van der Waals surface area contributed by atoms with Crippen LogP contribution in [0.5, 0.6) is 0 Å². The van der Waals surface area contributed by atoms with E-state index in [1.807, 2.05) is 132 Å². The molecule has 4 amide bonds. The van der Waals surface area contributed by atoms with Crippen molar-refractivity contribution in [3.8, 4) is 0 Å². The lowest BCUT2D eigenvalue weighted by Gasteiger charge is -2.36. The summed E-state index contributed by atoms with van der Waals surface area (Å²) in [5.41, 5.74) is 20.3. The maximum Gasteiger partial charge on any atom is 0.410 e. The molecule has 13 N–H and O–H groups in total. The topological polar surface area (TPSA) is 410 Å². The molecule has 0 spiro atoms. The van der Waals surface area contributed by atoms with Gasteiger partial charge in [0.25, 0.3) is 10.2 Å². The van der Waals surface area contributed by atoms with E-state index in [9.17, 15) is 49.2 Å². The molecule has 0 bridgehead atoms. The van der Waals surface area contributed by atoms with Gasteiger partial charge < -0.3 is 61.1 Å². The van der Waals surface area contributed by atoms with Crippen molar-refractivity contribution in [3.63, 3.8) is 0 Å². The van der Waals surface area contributed by atoms with Gasteiger partial charge in [0, 0.05) is 71.2 Å². The summed E-state index contributed by atoms with van der Waals surface area (Å²) in [4.78, 5) is 65.4.